The molecule has 6 nitrogen and oxygen atoms in total. The molecular formula is C11H8ClN5O. The van der Waals surface area contributed by atoms with E-state index in [2.05, 4.69) is 10.3 Å². The lowest BCUT2D eigenvalue weighted by atomic mass is 10.3. The molecule has 0 atom stereocenters. The van der Waals surface area contributed by atoms with Gasteiger partial charge in [-0.15, -0.1) is 0 Å². The fourth-order valence-electron chi connectivity index (χ4n) is 2.01. The first-order valence-electron chi connectivity index (χ1n) is 5.34. The lowest BCUT2D eigenvalue weighted by molar-refractivity contribution is 0.914. The van der Waals surface area contributed by atoms with Gasteiger partial charge in [-0.05, 0) is 18.2 Å². The van der Waals surface area contributed by atoms with Crippen LogP contribution in [0, 0.1) is 11.5 Å². The number of nitrogens with zero attached hydrogens (tertiary/aromatic N) is 4. The number of hydrogen-bond donors (Lipinski definition) is 1. The minimum Gasteiger partial charge on any atom is -0.354 e. The molecular weight excluding hydrogens is 254 g/mol. The number of nitrogens with one attached hydrogen (secondary N) is 1. The summed E-state index contributed by atoms with van der Waals surface area (Å²) in [6.45, 7) is 1.31. The highest BCUT2D eigenvalue weighted by Crippen LogP contribution is 2.18. The van der Waals surface area contributed by atoms with Gasteiger partial charge >= 0.3 is 5.69 Å². The zero-order valence-electron chi connectivity index (χ0n) is 9.22. The van der Waals surface area contributed by atoms with Crippen LogP contribution in [0.25, 0.3) is 11.0 Å². The predicted octanol–water partition coefficient (Wildman–Crippen LogP) is 0.593. The summed E-state index contributed by atoms with van der Waals surface area (Å²) in [5, 5.41) is 12.6. The van der Waals surface area contributed by atoms with Crippen LogP contribution in [0.1, 0.15) is 0 Å². The van der Waals surface area contributed by atoms with Gasteiger partial charge in [0.2, 0.25) is 5.96 Å². The summed E-state index contributed by atoms with van der Waals surface area (Å²) in [6, 6.07) is 4.97. The van der Waals surface area contributed by atoms with Gasteiger partial charge in [-0.3, -0.25) is 4.99 Å². The van der Waals surface area contributed by atoms with E-state index >= 15 is 0 Å². The molecule has 0 fully saturated rings. The van der Waals surface area contributed by atoms with Crippen molar-refractivity contribution in [2.45, 2.75) is 0 Å². The summed E-state index contributed by atoms with van der Waals surface area (Å²) in [5.41, 5.74) is 0.647. The molecule has 7 heteroatoms. The first-order chi connectivity index (χ1) is 8.72. The second-order valence-corrected chi connectivity index (χ2v) is 4.25. The molecule has 0 saturated heterocycles. The van der Waals surface area contributed by atoms with E-state index in [1.54, 1.807) is 18.2 Å². The van der Waals surface area contributed by atoms with Gasteiger partial charge in [0, 0.05) is 11.6 Å². The van der Waals surface area contributed by atoms with Crippen LogP contribution >= 0.6 is 11.6 Å². The van der Waals surface area contributed by atoms with E-state index in [1.165, 1.54) is 4.57 Å². The van der Waals surface area contributed by atoms with Crippen molar-refractivity contribution in [1.29, 1.82) is 5.26 Å². The van der Waals surface area contributed by atoms with Crippen molar-refractivity contribution >= 4 is 28.6 Å². The Morgan fingerprint density at radius 2 is 2.28 bits per heavy atom. The highest BCUT2D eigenvalue weighted by Gasteiger charge is 2.18. The summed E-state index contributed by atoms with van der Waals surface area (Å²) in [7, 11) is 0. The Kier molecular flexibility index (Phi) is 2.35. The molecule has 1 aliphatic heterocycles. The highest BCUT2D eigenvalue weighted by atomic mass is 35.5. The first-order valence-corrected chi connectivity index (χ1v) is 5.72. The summed E-state index contributed by atoms with van der Waals surface area (Å²) in [6.07, 6.45) is 1.85. The maximum absolute atomic E-state index is 12.2. The lowest BCUT2D eigenvalue weighted by Crippen LogP contribution is -2.35. The number of fused-ring (bicyclic) bond motifs is 1. The topological polar surface area (TPSA) is 75.1 Å². The Hall–Kier alpha value is -2.26. The number of benzene rings is 1. The fourth-order valence-corrected chi connectivity index (χ4v) is 2.17. The van der Waals surface area contributed by atoms with Crippen LogP contribution < -0.4 is 11.0 Å². The third-order valence-corrected chi connectivity index (χ3v) is 3.01. The van der Waals surface area contributed by atoms with Crippen molar-refractivity contribution in [3.63, 3.8) is 0 Å². The van der Waals surface area contributed by atoms with E-state index in [1.807, 2.05) is 6.19 Å². The summed E-state index contributed by atoms with van der Waals surface area (Å²) >= 11 is 5.89. The average molecular weight is 262 g/mol. The van der Waals surface area contributed by atoms with E-state index in [9.17, 15) is 4.79 Å². The van der Waals surface area contributed by atoms with Crippen molar-refractivity contribution in [2.75, 3.05) is 13.1 Å². The van der Waals surface area contributed by atoms with Gasteiger partial charge in [0.25, 0.3) is 0 Å². The SMILES string of the molecule is N#Cn1c(=O)n(C2=NCCN2)c2ccc(Cl)cc21. The molecule has 0 bridgehead atoms. The minimum atomic E-state index is -0.442. The maximum Gasteiger partial charge on any atom is 0.349 e. The zero-order valence-corrected chi connectivity index (χ0v) is 9.98. The quantitative estimate of drug-likeness (QED) is 0.754. The molecule has 0 saturated carbocycles. The number of aliphatic imine (C=N–C) groups is 1. The van der Waals surface area contributed by atoms with E-state index in [4.69, 9.17) is 16.9 Å². The third kappa shape index (κ3) is 1.41. The van der Waals surface area contributed by atoms with Crippen molar-refractivity contribution in [3.8, 4) is 6.19 Å². The van der Waals surface area contributed by atoms with Gasteiger partial charge in [0.05, 0.1) is 17.6 Å². The van der Waals surface area contributed by atoms with E-state index in [-0.39, 0.29) is 0 Å². The van der Waals surface area contributed by atoms with Gasteiger partial charge in [-0.2, -0.15) is 9.83 Å². The molecule has 18 heavy (non-hydrogen) atoms. The van der Waals surface area contributed by atoms with Crippen molar-refractivity contribution in [3.05, 3.63) is 33.7 Å². The van der Waals surface area contributed by atoms with Gasteiger partial charge < -0.3 is 5.32 Å². The number of aromatic nitrogens is 2. The summed E-state index contributed by atoms with van der Waals surface area (Å²) in [5.74, 6) is 0.473. The molecule has 1 aromatic carbocycles. The number of nitriles is 1. The standard InChI is InChI=1S/C11H8ClN5O/c12-7-1-2-8-9(5-7)16(6-13)11(18)17(8)10-14-3-4-15-10/h1-2,5H,3-4H2,(H,14,15). The molecule has 2 aromatic rings. The Morgan fingerprint density at radius 1 is 1.44 bits per heavy atom. The Morgan fingerprint density at radius 3 is 2.94 bits per heavy atom. The molecule has 1 aliphatic rings. The smallest absolute Gasteiger partial charge is 0.349 e. The molecule has 0 aliphatic carbocycles. The molecule has 90 valence electrons. The molecule has 0 unspecified atom stereocenters. The fraction of sp³-hybridized carbons (Fsp3) is 0.182. The van der Waals surface area contributed by atoms with Crippen molar-refractivity contribution < 1.29 is 0 Å². The number of imidazole rings is 1. The van der Waals surface area contributed by atoms with E-state index < -0.39 is 5.69 Å². The predicted molar refractivity (Wildman–Crippen MR) is 67.9 cm³/mol. The van der Waals surface area contributed by atoms with Crippen molar-refractivity contribution in [2.24, 2.45) is 4.99 Å². The highest BCUT2D eigenvalue weighted by molar-refractivity contribution is 6.31. The third-order valence-electron chi connectivity index (χ3n) is 2.77. The second kappa shape index (κ2) is 3.89. The van der Waals surface area contributed by atoms with Crippen LogP contribution in [0.3, 0.4) is 0 Å². The Labute approximate surface area is 107 Å². The van der Waals surface area contributed by atoms with Crippen LogP contribution in [0.15, 0.2) is 28.0 Å². The molecule has 1 N–H and O–H groups in total. The maximum atomic E-state index is 12.2. The average Bonchev–Trinajstić information content (AvgIpc) is 2.94. The monoisotopic (exact) mass is 261 g/mol. The minimum absolute atomic E-state index is 0.442. The second-order valence-electron chi connectivity index (χ2n) is 3.82. The summed E-state index contributed by atoms with van der Waals surface area (Å²) in [4.78, 5) is 16.4. The summed E-state index contributed by atoms with van der Waals surface area (Å²) < 4.78 is 2.39. The van der Waals surface area contributed by atoms with Crippen LogP contribution in [0.4, 0.5) is 0 Å². The Balaban J connectivity index is 2.42. The lowest BCUT2D eigenvalue weighted by Gasteiger charge is -2.02. The number of rotatable bonds is 0. The van der Waals surface area contributed by atoms with Crippen LogP contribution in [-0.4, -0.2) is 28.2 Å². The van der Waals surface area contributed by atoms with Crippen LogP contribution in [0.5, 0.6) is 0 Å². The Bertz CT molecular complexity index is 764. The zero-order chi connectivity index (χ0) is 12.7. The van der Waals surface area contributed by atoms with Gasteiger partial charge in [-0.1, -0.05) is 11.6 Å². The molecule has 3 rings (SSSR count). The van der Waals surface area contributed by atoms with Gasteiger partial charge in [0.15, 0.2) is 6.19 Å². The molecule has 0 radical (unpaired) electrons. The molecule has 2 heterocycles. The van der Waals surface area contributed by atoms with Crippen LogP contribution in [0.2, 0.25) is 5.02 Å². The van der Waals surface area contributed by atoms with Gasteiger partial charge in [-0.25, -0.2) is 9.36 Å². The van der Waals surface area contributed by atoms with Crippen LogP contribution in [-0.2, 0) is 0 Å². The van der Waals surface area contributed by atoms with E-state index in [0.29, 0.717) is 35.1 Å². The number of hydrogen-bond acceptors (Lipinski definition) is 4. The van der Waals surface area contributed by atoms with Gasteiger partial charge in [0.1, 0.15) is 0 Å². The molecule has 0 spiro atoms. The number of halogens is 1. The normalized spacial score (nSPS) is 14.3. The largest absolute Gasteiger partial charge is 0.354 e. The molecule has 0 amide bonds. The molecule has 1 aromatic heterocycles. The first kappa shape index (κ1) is 10.9. The van der Waals surface area contributed by atoms with E-state index in [0.717, 1.165) is 4.57 Å². The van der Waals surface area contributed by atoms with Crippen molar-refractivity contribution in [1.82, 2.24) is 14.5 Å².